The maximum absolute atomic E-state index is 12.1. The molecule has 0 unspecified atom stereocenters. The minimum atomic E-state index is 0.0360. The summed E-state index contributed by atoms with van der Waals surface area (Å²) < 4.78 is 0. The molecule has 3 nitrogen and oxygen atoms in total. The SMILES string of the molecule is CC(C(=O)NC1(C)CCCCC1)=C1CNC1. The van der Waals surface area contributed by atoms with Gasteiger partial charge in [-0.1, -0.05) is 19.3 Å². The van der Waals surface area contributed by atoms with Crippen LogP contribution in [0, 0.1) is 0 Å². The number of carbonyl (C=O) groups is 1. The van der Waals surface area contributed by atoms with Crippen molar-refractivity contribution in [2.45, 2.75) is 51.5 Å². The first-order valence-electron chi connectivity index (χ1n) is 6.33. The van der Waals surface area contributed by atoms with Crippen molar-refractivity contribution in [3.63, 3.8) is 0 Å². The summed E-state index contributed by atoms with van der Waals surface area (Å²) in [7, 11) is 0. The first kappa shape index (κ1) is 11.6. The zero-order valence-electron chi connectivity index (χ0n) is 10.4. The Bertz CT molecular complexity index is 308. The van der Waals surface area contributed by atoms with Gasteiger partial charge in [-0.05, 0) is 32.3 Å². The fourth-order valence-electron chi connectivity index (χ4n) is 2.50. The van der Waals surface area contributed by atoms with Crippen molar-refractivity contribution in [1.29, 1.82) is 0 Å². The van der Waals surface area contributed by atoms with Gasteiger partial charge in [0.1, 0.15) is 0 Å². The van der Waals surface area contributed by atoms with Gasteiger partial charge in [0.25, 0.3) is 0 Å². The zero-order chi connectivity index (χ0) is 11.6. The second kappa shape index (κ2) is 4.58. The van der Waals surface area contributed by atoms with E-state index in [1.165, 1.54) is 24.8 Å². The van der Waals surface area contributed by atoms with Crippen LogP contribution >= 0.6 is 0 Å². The quantitative estimate of drug-likeness (QED) is 0.699. The molecule has 16 heavy (non-hydrogen) atoms. The second-order valence-corrected chi connectivity index (χ2v) is 5.41. The molecular weight excluding hydrogens is 200 g/mol. The molecular formula is C13H22N2O. The Labute approximate surface area is 97.7 Å². The smallest absolute Gasteiger partial charge is 0.247 e. The van der Waals surface area contributed by atoms with Crippen LogP contribution in [0.3, 0.4) is 0 Å². The molecule has 2 rings (SSSR count). The minimum Gasteiger partial charge on any atom is -0.347 e. The van der Waals surface area contributed by atoms with Gasteiger partial charge >= 0.3 is 0 Å². The molecule has 0 atom stereocenters. The molecule has 0 aromatic rings. The molecule has 1 amide bonds. The van der Waals surface area contributed by atoms with Crippen LogP contribution in [0.2, 0.25) is 0 Å². The third kappa shape index (κ3) is 2.46. The van der Waals surface area contributed by atoms with Crippen molar-refractivity contribution in [3.05, 3.63) is 11.1 Å². The number of rotatable bonds is 2. The highest BCUT2D eigenvalue weighted by atomic mass is 16.1. The van der Waals surface area contributed by atoms with Gasteiger partial charge in [-0.25, -0.2) is 0 Å². The molecule has 0 radical (unpaired) electrons. The molecule has 90 valence electrons. The maximum Gasteiger partial charge on any atom is 0.247 e. The lowest BCUT2D eigenvalue weighted by Crippen LogP contribution is -2.48. The number of amides is 1. The van der Waals surface area contributed by atoms with Gasteiger partial charge in [0.15, 0.2) is 0 Å². The van der Waals surface area contributed by atoms with E-state index in [2.05, 4.69) is 17.6 Å². The number of carbonyl (C=O) groups excluding carboxylic acids is 1. The van der Waals surface area contributed by atoms with E-state index in [4.69, 9.17) is 0 Å². The van der Waals surface area contributed by atoms with Crippen molar-refractivity contribution >= 4 is 5.91 Å². The summed E-state index contributed by atoms with van der Waals surface area (Å²) in [5.74, 6) is 0.140. The Morgan fingerprint density at radius 2 is 1.88 bits per heavy atom. The van der Waals surface area contributed by atoms with Gasteiger partial charge in [-0.2, -0.15) is 0 Å². The molecule has 2 N–H and O–H groups in total. The van der Waals surface area contributed by atoms with E-state index in [1.54, 1.807) is 0 Å². The predicted molar refractivity (Wildman–Crippen MR) is 65.2 cm³/mol. The highest BCUT2D eigenvalue weighted by Crippen LogP contribution is 2.28. The fourth-order valence-corrected chi connectivity index (χ4v) is 2.50. The molecule has 1 saturated carbocycles. The molecule has 1 aliphatic heterocycles. The Morgan fingerprint density at radius 3 is 2.38 bits per heavy atom. The van der Waals surface area contributed by atoms with E-state index < -0.39 is 0 Å². The third-order valence-electron chi connectivity index (χ3n) is 3.92. The van der Waals surface area contributed by atoms with Crippen molar-refractivity contribution in [2.24, 2.45) is 0 Å². The Hall–Kier alpha value is -0.830. The van der Waals surface area contributed by atoms with Crippen LogP contribution in [0.1, 0.15) is 46.0 Å². The first-order chi connectivity index (χ1) is 7.61. The summed E-state index contributed by atoms with van der Waals surface area (Å²) >= 11 is 0. The van der Waals surface area contributed by atoms with E-state index in [-0.39, 0.29) is 11.4 Å². The maximum atomic E-state index is 12.1. The lowest BCUT2D eigenvalue weighted by atomic mass is 9.83. The summed E-state index contributed by atoms with van der Waals surface area (Å²) in [4.78, 5) is 12.1. The van der Waals surface area contributed by atoms with Gasteiger partial charge in [-0.3, -0.25) is 4.79 Å². The molecule has 0 spiro atoms. The van der Waals surface area contributed by atoms with Gasteiger partial charge in [-0.15, -0.1) is 0 Å². The van der Waals surface area contributed by atoms with Crippen LogP contribution in [-0.4, -0.2) is 24.5 Å². The topological polar surface area (TPSA) is 41.1 Å². The van der Waals surface area contributed by atoms with Crippen LogP contribution in [0.4, 0.5) is 0 Å². The average molecular weight is 222 g/mol. The van der Waals surface area contributed by atoms with E-state index in [9.17, 15) is 4.79 Å². The van der Waals surface area contributed by atoms with E-state index in [0.29, 0.717) is 0 Å². The van der Waals surface area contributed by atoms with Gasteiger partial charge in [0.05, 0.1) is 0 Å². The Morgan fingerprint density at radius 1 is 1.25 bits per heavy atom. The lowest BCUT2D eigenvalue weighted by Gasteiger charge is -2.35. The molecule has 2 aliphatic rings. The summed E-state index contributed by atoms with van der Waals surface area (Å²) in [6, 6.07) is 0. The molecule has 0 aromatic carbocycles. The largest absolute Gasteiger partial charge is 0.347 e. The van der Waals surface area contributed by atoms with Crippen LogP contribution in [0.5, 0.6) is 0 Å². The lowest BCUT2D eigenvalue weighted by molar-refractivity contribution is -0.119. The molecule has 1 heterocycles. The molecule has 2 fully saturated rings. The monoisotopic (exact) mass is 222 g/mol. The summed E-state index contributed by atoms with van der Waals surface area (Å²) in [6.45, 7) is 5.89. The summed E-state index contributed by atoms with van der Waals surface area (Å²) in [6.07, 6.45) is 6.05. The van der Waals surface area contributed by atoms with Gasteiger partial charge in [0, 0.05) is 24.2 Å². The van der Waals surface area contributed by atoms with Crippen LogP contribution in [0.25, 0.3) is 0 Å². The summed E-state index contributed by atoms with van der Waals surface area (Å²) in [5, 5.41) is 6.39. The van der Waals surface area contributed by atoms with Crippen molar-refractivity contribution in [3.8, 4) is 0 Å². The van der Waals surface area contributed by atoms with Crippen LogP contribution in [0.15, 0.2) is 11.1 Å². The van der Waals surface area contributed by atoms with E-state index in [1.807, 2.05) is 6.92 Å². The molecule has 1 saturated heterocycles. The van der Waals surface area contributed by atoms with Crippen molar-refractivity contribution in [2.75, 3.05) is 13.1 Å². The highest BCUT2D eigenvalue weighted by molar-refractivity contribution is 5.94. The summed E-state index contributed by atoms with van der Waals surface area (Å²) in [5.41, 5.74) is 2.22. The Balaban J connectivity index is 1.95. The first-order valence-corrected chi connectivity index (χ1v) is 6.33. The average Bonchev–Trinajstić information content (AvgIpc) is 2.15. The molecule has 3 heteroatoms. The molecule has 1 aliphatic carbocycles. The fraction of sp³-hybridized carbons (Fsp3) is 0.769. The number of nitrogens with one attached hydrogen (secondary N) is 2. The van der Waals surface area contributed by atoms with Crippen LogP contribution < -0.4 is 10.6 Å². The molecule has 0 aromatic heterocycles. The highest BCUT2D eigenvalue weighted by Gasteiger charge is 2.29. The van der Waals surface area contributed by atoms with Crippen molar-refractivity contribution < 1.29 is 4.79 Å². The normalized spacial score (nSPS) is 23.5. The third-order valence-corrected chi connectivity index (χ3v) is 3.92. The van der Waals surface area contributed by atoms with E-state index in [0.717, 1.165) is 31.5 Å². The minimum absolute atomic E-state index is 0.0360. The standard InChI is InChI=1S/C13H22N2O/c1-10(11-8-14-9-11)12(16)15-13(2)6-4-3-5-7-13/h14H,3-9H2,1-2H3,(H,15,16). The number of hydrogen-bond acceptors (Lipinski definition) is 2. The Kier molecular flexibility index (Phi) is 3.33. The van der Waals surface area contributed by atoms with E-state index >= 15 is 0 Å². The van der Waals surface area contributed by atoms with Gasteiger partial charge < -0.3 is 10.6 Å². The second-order valence-electron chi connectivity index (χ2n) is 5.41. The zero-order valence-corrected chi connectivity index (χ0v) is 10.4. The predicted octanol–water partition coefficient (Wildman–Crippen LogP) is 1.75. The van der Waals surface area contributed by atoms with Crippen molar-refractivity contribution in [1.82, 2.24) is 10.6 Å². The van der Waals surface area contributed by atoms with Gasteiger partial charge in [0.2, 0.25) is 5.91 Å². The van der Waals surface area contributed by atoms with Crippen LogP contribution in [-0.2, 0) is 4.79 Å². The number of hydrogen-bond donors (Lipinski definition) is 2. The molecule has 0 bridgehead atoms.